The van der Waals surface area contributed by atoms with Gasteiger partial charge in [0.05, 0.1) is 0 Å². The summed E-state index contributed by atoms with van der Waals surface area (Å²) >= 11 is 0. The van der Waals surface area contributed by atoms with E-state index in [0.717, 1.165) is 12.2 Å². The molecule has 1 aliphatic carbocycles. The SMILES string of the molecule is O=C(/C=C/c1ccc(O)c(O)c1)O[C@H]1[C@H](OC(=O)/C=C/c2ccc(O)c(O)c2)C[C@]2(O)C[C@H]1OC2=O. The number of esters is 3. The molecule has 11 nitrogen and oxygen atoms in total. The Hall–Kier alpha value is -4.51. The van der Waals surface area contributed by atoms with Gasteiger partial charge in [0, 0.05) is 25.0 Å². The molecule has 2 aliphatic rings. The van der Waals surface area contributed by atoms with Gasteiger partial charge in [-0.15, -0.1) is 0 Å². The Morgan fingerprint density at radius 2 is 1.36 bits per heavy atom. The maximum Gasteiger partial charge on any atom is 0.338 e. The molecule has 2 aromatic carbocycles. The molecule has 0 spiro atoms. The van der Waals surface area contributed by atoms with E-state index in [2.05, 4.69) is 0 Å². The Kier molecular flexibility index (Phi) is 6.58. The van der Waals surface area contributed by atoms with Gasteiger partial charge in [0.1, 0.15) is 12.2 Å². The molecule has 1 saturated carbocycles. The number of carbonyl (C=O) groups is 3. The Labute approximate surface area is 204 Å². The van der Waals surface area contributed by atoms with Gasteiger partial charge in [-0.2, -0.15) is 0 Å². The molecule has 36 heavy (non-hydrogen) atoms. The Balaban J connectivity index is 1.46. The van der Waals surface area contributed by atoms with Crippen molar-refractivity contribution in [3.63, 3.8) is 0 Å². The number of hydrogen-bond donors (Lipinski definition) is 5. The molecule has 2 fully saturated rings. The number of aliphatic hydroxyl groups is 1. The predicted molar refractivity (Wildman–Crippen MR) is 121 cm³/mol. The maximum atomic E-state index is 12.5. The minimum Gasteiger partial charge on any atom is -0.504 e. The van der Waals surface area contributed by atoms with Crippen molar-refractivity contribution in [2.75, 3.05) is 0 Å². The van der Waals surface area contributed by atoms with Crippen molar-refractivity contribution in [2.24, 2.45) is 0 Å². The fraction of sp³-hybridized carbons (Fsp3) is 0.240. The summed E-state index contributed by atoms with van der Waals surface area (Å²) in [6.45, 7) is 0. The van der Waals surface area contributed by atoms with Crippen LogP contribution in [0.25, 0.3) is 12.2 Å². The summed E-state index contributed by atoms with van der Waals surface area (Å²) in [5.41, 5.74) is -1.11. The molecule has 1 heterocycles. The molecular formula is C25H22O11. The summed E-state index contributed by atoms with van der Waals surface area (Å²) in [5.74, 6) is -4.05. The van der Waals surface area contributed by atoms with Gasteiger partial charge in [-0.1, -0.05) is 12.1 Å². The monoisotopic (exact) mass is 498 g/mol. The van der Waals surface area contributed by atoms with Gasteiger partial charge in [-0.05, 0) is 47.5 Å². The minimum absolute atomic E-state index is 0.143. The lowest BCUT2D eigenvalue weighted by Gasteiger charge is -2.35. The molecule has 11 heteroatoms. The molecule has 4 rings (SSSR count). The summed E-state index contributed by atoms with van der Waals surface area (Å²) in [5, 5.41) is 48.4. The topological polar surface area (TPSA) is 180 Å². The van der Waals surface area contributed by atoms with Gasteiger partial charge in [-0.3, -0.25) is 0 Å². The molecule has 4 atom stereocenters. The first-order chi connectivity index (χ1) is 17.0. The van der Waals surface area contributed by atoms with Crippen molar-refractivity contribution in [1.29, 1.82) is 0 Å². The van der Waals surface area contributed by atoms with Gasteiger partial charge in [0.15, 0.2) is 34.7 Å². The second-order valence-electron chi connectivity index (χ2n) is 8.42. The van der Waals surface area contributed by atoms with Gasteiger partial charge in [-0.25, -0.2) is 14.4 Å². The van der Waals surface area contributed by atoms with Crippen molar-refractivity contribution in [3.8, 4) is 23.0 Å². The molecule has 2 aromatic rings. The Morgan fingerprint density at radius 1 is 0.833 bits per heavy atom. The number of phenols is 4. The molecule has 1 saturated heterocycles. The molecule has 188 valence electrons. The van der Waals surface area contributed by atoms with Crippen molar-refractivity contribution in [1.82, 2.24) is 0 Å². The second-order valence-corrected chi connectivity index (χ2v) is 8.42. The Bertz CT molecular complexity index is 1260. The van der Waals surface area contributed by atoms with Crippen LogP contribution in [0.3, 0.4) is 0 Å². The molecule has 0 amide bonds. The zero-order valence-corrected chi connectivity index (χ0v) is 18.6. The van der Waals surface area contributed by atoms with Crippen molar-refractivity contribution in [2.45, 2.75) is 36.8 Å². The second kappa shape index (κ2) is 9.62. The van der Waals surface area contributed by atoms with Crippen LogP contribution in [0.5, 0.6) is 23.0 Å². The third-order valence-corrected chi connectivity index (χ3v) is 5.79. The van der Waals surface area contributed by atoms with Crippen LogP contribution in [-0.2, 0) is 28.6 Å². The van der Waals surface area contributed by atoms with E-state index in [0.29, 0.717) is 11.1 Å². The van der Waals surface area contributed by atoms with E-state index in [4.69, 9.17) is 14.2 Å². The van der Waals surface area contributed by atoms with Crippen LogP contribution < -0.4 is 0 Å². The first-order valence-electron chi connectivity index (χ1n) is 10.8. The normalized spacial score (nSPS) is 25.1. The van der Waals surface area contributed by atoms with E-state index in [1.165, 1.54) is 48.6 Å². The summed E-state index contributed by atoms with van der Waals surface area (Å²) in [6.07, 6.45) is 0.764. The zero-order valence-electron chi connectivity index (χ0n) is 18.6. The van der Waals surface area contributed by atoms with Crippen molar-refractivity contribution >= 4 is 30.1 Å². The quantitative estimate of drug-likeness (QED) is 0.169. The van der Waals surface area contributed by atoms with E-state index in [-0.39, 0.29) is 35.8 Å². The number of carbonyl (C=O) groups excluding carboxylic acids is 3. The van der Waals surface area contributed by atoms with E-state index in [1.807, 2.05) is 0 Å². The van der Waals surface area contributed by atoms with Crippen molar-refractivity contribution < 1.29 is 54.1 Å². The summed E-state index contributed by atoms with van der Waals surface area (Å²) in [4.78, 5) is 37.0. The number of aromatic hydroxyl groups is 4. The zero-order chi connectivity index (χ0) is 26.0. The van der Waals surface area contributed by atoms with Gasteiger partial charge in [0.25, 0.3) is 0 Å². The van der Waals surface area contributed by atoms with Crippen LogP contribution in [0, 0.1) is 0 Å². The van der Waals surface area contributed by atoms with E-state index < -0.39 is 41.8 Å². The van der Waals surface area contributed by atoms with Gasteiger partial charge >= 0.3 is 17.9 Å². The number of benzene rings is 2. The van der Waals surface area contributed by atoms with E-state index >= 15 is 0 Å². The first-order valence-corrected chi connectivity index (χ1v) is 10.8. The molecule has 2 bridgehead atoms. The van der Waals surface area contributed by atoms with Crippen LogP contribution in [0.15, 0.2) is 48.6 Å². The van der Waals surface area contributed by atoms with Crippen LogP contribution in [-0.4, -0.2) is 67.4 Å². The van der Waals surface area contributed by atoms with Crippen LogP contribution in [0.2, 0.25) is 0 Å². The van der Waals surface area contributed by atoms with Crippen LogP contribution in [0.1, 0.15) is 24.0 Å². The van der Waals surface area contributed by atoms with Crippen LogP contribution >= 0.6 is 0 Å². The number of rotatable bonds is 6. The molecular weight excluding hydrogens is 476 g/mol. The average Bonchev–Trinajstić information content (AvgIpc) is 3.07. The highest BCUT2D eigenvalue weighted by Crippen LogP contribution is 2.41. The third-order valence-electron chi connectivity index (χ3n) is 5.79. The van der Waals surface area contributed by atoms with E-state index in [9.17, 15) is 39.9 Å². The molecule has 1 aliphatic heterocycles. The molecule has 0 aromatic heterocycles. The van der Waals surface area contributed by atoms with Gasteiger partial charge in [0.2, 0.25) is 0 Å². The highest BCUT2D eigenvalue weighted by Gasteiger charge is 2.60. The highest BCUT2D eigenvalue weighted by atomic mass is 16.6. The smallest absolute Gasteiger partial charge is 0.338 e. The first kappa shape index (κ1) is 24.6. The lowest BCUT2D eigenvalue weighted by Crippen LogP contribution is -2.51. The number of fused-ring (bicyclic) bond motifs is 2. The van der Waals surface area contributed by atoms with Crippen molar-refractivity contribution in [3.05, 3.63) is 59.7 Å². The third kappa shape index (κ3) is 5.26. The van der Waals surface area contributed by atoms with E-state index in [1.54, 1.807) is 0 Å². The number of ether oxygens (including phenoxy) is 3. The standard InChI is InChI=1S/C25H22O11/c26-15-5-1-13(9-17(15)28)3-7-21(30)34-19-11-25(33)12-20(35-24(25)32)23(19)36-22(31)8-4-14-2-6-16(27)18(29)10-14/h1-10,19-20,23,26-29,33H,11-12H2/b7-3+,8-4+/t19-,20-,23+,25+/m1/s1. The Morgan fingerprint density at radius 3 is 1.89 bits per heavy atom. The predicted octanol–water partition coefficient (Wildman–Crippen LogP) is 1.51. The summed E-state index contributed by atoms with van der Waals surface area (Å²) in [6, 6.07) is 7.81. The minimum atomic E-state index is -1.88. The lowest BCUT2D eigenvalue weighted by molar-refractivity contribution is -0.178. The largest absolute Gasteiger partial charge is 0.504 e. The highest BCUT2D eigenvalue weighted by molar-refractivity contribution is 5.89. The summed E-state index contributed by atoms with van der Waals surface area (Å²) < 4.78 is 15.9. The van der Waals surface area contributed by atoms with Crippen LogP contribution in [0.4, 0.5) is 0 Å². The lowest BCUT2D eigenvalue weighted by atomic mass is 9.82. The molecule has 5 N–H and O–H groups in total. The number of phenolic OH excluding ortho intramolecular Hbond substituents is 4. The fourth-order valence-corrected chi connectivity index (χ4v) is 3.98. The maximum absolute atomic E-state index is 12.5. The average molecular weight is 498 g/mol. The number of hydrogen-bond acceptors (Lipinski definition) is 11. The molecule has 0 radical (unpaired) electrons. The summed E-state index contributed by atoms with van der Waals surface area (Å²) in [7, 11) is 0. The molecule has 0 unspecified atom stereocenters. The van der Waals surface area contributed by atoms with Gasteiger partial charge < -0.3 is 39.7 Å². The fourth-order valence-electron chi connectivity index (χ4n) is 3.98.